The highest BCUT2D eigenvalue weighted by Crippen LogP contribution is 2.21. The van der Waals surface area contributed by atoms with Crippen LogP contribution >= 0.6 is 11.6 Å². The van der Waals surface area contributed by atoms with Crippen molar-refractivity contribution in [3.05, 3.63) is 46.2 Å². The van der Waals surface area contributed by atoms with Crippen molar-refractivity contribution in [3.63, 3.8) is 0 Å². The lowest BCUT2D eigenvalue weighted by molar-refractivity contribution is 0.0856. The Bertz CT molecular complexity index is 734. The summed E-state index contributed by atoms with van der Waals surface area (Å²) in [7, 11) is 0. The van der Waals surface area contributed by atoms with Crippen molar-refractivity contribution in [1.29, 1.82) is 0 Å². The van der Waals surface area contributed by atoms with Crippen molar-refractivity contribution in [3.8, 4) is 5.69 Å². The minimum atomic E-state index is -0.0725. The number of benzene rings is 1. The molecular formula is C19H24ClN3O2. The zero-order valence-electron chi connectivity index (χ0n) is 14.7. The van der Waals surface area contributed by atoms with Gasteiger partial charge in [0, 0.05) is 18.2 Å². The Morgan fingerprint density at radius 2 is 2.16 bits per heavy atom. The van der Waals surface area contributed by atoms with Gasteiger partial charge in [-0.25, -0.2) is 4.68 Å². The van der Waals surface area contributed by atoms with Crippen LogP contribution in [-0.4, -0.2) is 34.9 Å². The lowest BCUT2D eigenvalue weighted by atomic mass is 10.1. The summed E-state index contributed by atoms with van der Waals surface area (Å²) in [5, 5.41) is 8.38. The molecule has 134 valence electrons. The van der Waals surface area contributed by atoms with Crippen LogP contribution in [0.5, 0.6) is 0 Å². The third-order valence-electron chi connectivity index (χ3n) is 4.49. The molecule has 0 saturated carbocycles. The Labute approximate surface area is 153 Å². The molecule has 5 nitrogen and oxygen atoms in total. The topological polar surface area (TPSA) is 56.2 Å². The Morgan fingerprint density at radius 3 is 2.80 bits per heavy atom. The summed E-state index contributed by atoms with van der Waals surface area (Å²) in [6.45, 7) is 5.36. The molecule has 2 aromatic rings. The maximum atomic E-state index is 12.8. The number of hydrogen-bond donors (Lipinski definition) is 1. The van der Waals surface area contributed by atoms with Gasteiger partial charge in [-0.2, -0.15) is 5.10 Å². The first-order chi connectivity index (χ1) is 12.1. The monoisotopic (exact) mass is 361 g/mol. The first-order valence-corrected chi connectivity index (χ1v) is 9.22. The Hall–Kier alpha value is -1.85. The maximum Gasteiger partial charge on any atom is 0.255 e. The third-order valence-corrected chi connectivity index (χ3v) is 4.74. The standard InChI is InChI=1S/C19H24ClN3O2/c1-3-5-17-18(19(24)21-12-16-6-4-11-25-16)13(2)23(22-17)15-9-7-14(20)8-10-15/h7-10,16H,3-6,11-12H2,1-2H3,(H,21,24). The van der Waals surface area contributed by atoms with Crippen LogP contribution in [0.4, 0.5) is 0 Å². The number of aryl methyl sites for hydroxylation is 1. The minimum absolute atomic E-state index is 0.0725. The minimum Gasteiger partial charge on any atom is -0.376 e. The van der Waals surface area contributed by atoms with Gasteiger partial charge in [-0.1, -0.05) is 24.9 Å². The van der Waals surface area contributed by atoms with Gasteiger partial charge in [0.15, 0.2) is 0 Å². The van der Waals surface area contributed by atoms with Gasteiger partial charge in [-0.3, -0.25) is 4.79 Å². The van der Waals surface area contributed by atoms with E-state index < -0.39 is 0 Å². The lowest BCUT2D eigenvalue weighted by Gasteiger charge is -2.11. The molecule has 1 saturated heterocycles. The van der Waals surface area contributed by atoms with E-state index in [2.05, 4.69) is 17.3 Å². The molecule has 1 fully saturated rings. The predicted molar refractivity (Wildman–Crippen MR) is 98.6 cm³/mol. The van der Waals surface area contributed by atoms with Crippen molar-refractivity contribution in [2.75, 3.05) is 13.2 Å². The number of amides is 1. The van der Waals surface area contributed by atoms with E-state index in [9.17, 15) is 4.79 Å². The van der Waals surface area contributed by atoms with Crippen molar-refractivity contribution in [2.24, 2.45) is 0 Å². The van der Waals surface area contributed by atoms with E-state index in [-0.39, 0.29) is 12.0 Å². The highest BCUT2D eigenvalue weighted by molar-refractivity contribution is 6.30. The number of nitrogens with one attached hydrogen (secondary N) is 1. The van der Waals surface area contributed by atoms with E-state index >= 15 is 0 Å². The van der Waals surface area contributed by atoms with Crippen LogP contribution < -0.4 is 5.32 Å². The number of ether oxygens (including phenoxy) is 1. The lowest BCUT2D eigenvalue weighted by Crippen LogP contribution is -2.32. The summed E-state index contributed by atoms with van der Waals surface area (Å²) in [5.41, 5.74) is 3.25. The zero-order chi connectivity index (χ0) is 17.8. The Morgan fingerprint density at radius 1 is 1.40 bits per heavy atom. The summed E-state index contributed by atoms with van der Waals surface area (Å²) < 4.78 is 7.41. The fraction of sp³-hybridized carbons (Fsp3) is 0.474. The summed E-state index contributed by atoms with van der Waals surface area (Å²) in [5.74, 6) is -0.0725. The van der Waals surface area contributed by atoms with Gasteiger partial charge in [0.25, 0.3) is 5.91 Å². The fourth-order valence-electron chi connectivity index (χ4n) is 3.20. The SMILES string of the molecule is CCCc1nn(-c2ccc(Cl)cc2)c(C)c1C(=O)NCC1CCCO1. The number of halogens is 1. The van der Waals surface area contributed by atoms with E-state index in [1.165, 1.54) is 0 Å². The van der Waals surface area contributed by atoms with Crippen LogP contribution in [0.15, 0.2) is 24.3 Å². The van der Waals surface area contributed by atoms with Crippen LogP contribution in [0.1, 0.15) is 47.9 Å². The molecule has 0 spiro atoms. The van der Waals surface area contributed by atoms with Crippen molar-refractivity contribution in [1.82, 2.24) is 15.1 Å². The highest BCUT2D eigenvalue weighted by atomic mass is 35.5. The highest BCUT2D eigenvalue weighted by Gasteiger charge is 2.23. The summed E-state index contributed by atoms with van der Waals surface area (Å²) in [6.07, 6.45) is 3.90. The quantitative estimate of drug-likeness (QED) is 0.853. The predicted octanol–water partition coefficient (Wildman–Crippen LogP) is 3.70. The number of carbonyl (C=O) groups excluding carboxylic acids is 1. The van der Waals surface area contributed by atoms with Gasteiger partial charge in [-0.15, -0.1) is 0 Å². The van der Waals surface area contributed by atoms with Gasteiger partial charge in [0.2, 0.25) is 0 Å². The molecule has 3 rings (SSSR count). The number of aromatic nitrogens is 2. The Balaban J connectivity index is 1.85. The van der Waals surface area contributed by atoms with E-state index in [0.717, 1.165) is 49.4 Å². The number of rotatable bonds is 6. The zero-order valence-corrected chi connectivity index (χ0v) is 15.5. The normalized spacial score (nSPS) is 17.0. The summed E-state index contributed by atoms with van der Waals surface area (Å²) >= 11 is 5.97. The van der Waals surface area contributed by atoms with E-state index in [4.69, 9.17) is 16.3 Å². The molecule has 1 N–H and O–H groups in total. The first-order valence-electron chi connectivity index (χ1n) is 8.84. The van der Waals surface area contributed by atoms with Gasteiger partial charge in [0.05, 0.1) is 28.7 Å². The van der Waals surface area contributed by atoms with E-state index in [0.29, 0.717) is 17.1 Å². The molecule has 1 aliphatic rings. The molecule has 0 bridgehead atoms. The molecule has 1 unspecified atom stereocenters. The molecule has 0 radical (unpaired) electrons. The third kappa shape index (κ3) is 4.05. The van der Waals surface area contributed by atoms with Crippen molar-refractivity contribution >= 4 is 17.5 Å². The average Bonchev–Trinajstić information content (AvgIpc) is 3.22. The Kier molecular flexibility index (Phi) is 5.76. The molecule has 0 aliphatic carbocycles. The van der Waals surface area contributed by atoms with Crippen LogP contribution in [-0.2, 0) is 11.2 Å². The fourth-order valence-corrected chi connectivity index (χ4v) is 3.33. The largest absolute Gasteiger partial charge is 0.376 e. The number of nitrogens with zero attached hydrogens (tertiary/aromatic N) is 2. The average molecular weight is 362 g/mol. The molecule has 2 heterocycles. The number of carbonyl (C=O) groups is 1. The first kappa shape index (κ1) is 18.0. The summed E-state index contributed by atoms with van der Waals surface area (Å²) in [4.78, 5) is 12.8. The van der Waals surface area contributed by atoms with Crippen LogP contribution in [0, 0.1) is 6.92 Å². The molecule has 1 atom stereocenters. The van der Waals surface area contributed by atoms with E-state index in [1.807, 2.05) is 35.9 Å². The molecule has 1 aliphatic heterocycles. The van der Waals surface area contributed by atoms with Crippen LogP contribution in [0.3, 0.4) is 0 Å². The molecule has 25 heavy (non-hydrogen) atoms. The van der Waals surface area contributed by atoms with Gasteiger partial charge in [0.1, 0.15) is 0 Å². The van der Waals surface area contributed by atoms with Crippen molar-refractivity contribution < 1.29 is 9.53 Å². The van der Waals surface area contributed by atoms with Gasteiger partial charge in [-0.05, 0) is 50.5 Å². The second-order valence-corrected chi connectivity index (χ2v) is 6.83. The molecule has 1 aromatic carbocycles. The van der Waals surface area contributed by atoms with E-state index in [1.54, 1.807) is 0 Å². The van der Waals surface area contributed by atoms with Gasteiger partial charge < -0.3 is 10.1 Å². The molecule has 6 heteroatoms. The van der Waals surface area contributed by atoms with Crippen LogP contribution in [0.2, 0.25) is 5.02 Å². The maximum absolute atomic E-state index is 12.8. The smallest absolute Gasteiger partial charge is 0.255 e. The van der Waals surface area contributed by atoms with Gasteiger partial charge >= 0.3 is 0 Å². The van der Waals surface area contributed by atoms with Crippen LogP contribution in [0.25, 0.3) is 5.69 Å². The molecular weight excluding hydrogens is 338 g/mol. The second kappa shape index (κ2) is 8.02. The van der Waals surface area contributed by atoms with Crippen molar-refractivity contribution in [2.45, 2.75) is 45.6 Å². The molecule has 1 amide bonds. The second-order valence-electron chi connectivity index (χ2n) is 6.39. The number of hydrogen-bond acceptors (Lipinski definition) is 3. The summed E-state index contributed by atoms with van der Waals surface area (Å²) in [6, 6.07) is 7.47. The molecule has 1 aromatic heterocycles.